The predicted molar refractivity (Wildman–Crippen MR) is 45.8 cm³/mol. The topological polar surface area (TPSA) is 48.8 Å². The highest BCUT2D eigenvalue weighted by molar-refractivity contribution is 4.86. The minimum absolute atomic E-state index is 0.0519. The molecule has 0 aromatic carbocycles. The maximum absolute atomic E-state index is 8.19. The van der Waals surface area contributed by atoms with Crippen LogP contribution in [-0.4, -0.2) is 6.04 Å². The summed E-state index contributed by atoms with van der Waals surface area (Å²) in [7, 11) is 0. The van der Waals surface area contributed by atoms with E-state index in [4.69, 9.17) is 12.0 Å². The molecule has 0 saturated heterocycles. The molecule has 0 rings (SSSR count). The number of terminal acetylenes is 1. The highest BCUT2D eigenvalue weighted by atomic mass is 15.1. The lowest BCUT2D eigenvalue weighted by atomic mass is 10.0. The summed E-state index contributed by atoms with van der Waals surface area (Å²) in [5, 5.41) is 3.65. The highest BCUT2D eigenvalue weighted by Gasteiger charge is 2.09. The van der Waals surface area contributed by atoms with Crippen LogP contribution in [-0.2, 0) is 0 Å². The summed E-state index contributed by atoms with van der Waals surface area (Å²) in [4.78, 5) is 2.77. The van der Waals surface area contributed by atoms with E-state index < -0.39 is 0 Å². The molecule has 0 fully saturated rings. The summed E-state index contributed by atoms with van der Waals surface area (Å²) < 4.78 is 0. The Balaban J connectivity index is 3.91. The third-order valence-electron chi connectivity index (χ3n) is 1.55. The zero-order valence-corrected chi connectivity index (χ0v) is 6.99. The number of azide groups is 1. The molecule has 0 aromatic rings. The number of nitrogens with zero attached hydrogens (tertiary/aromatic N) is 3. The fourth-order valence-electron chi connectivity index (χ4n) is 0.822. The molecule has 0 N–H and O–H groups in total. The Hall–Kier alpha value is -1.13. The second-order valence-corrected chi connectivity index (χ2v) is 2.76. The first-order valence-electron chi connectivity index (χ1n) is 3.70. The normalized spacial score (nSPS) is 11.8. The van der Waals surface area contributed by atoms with Crippen LogP contribution in [0.4, 0.5) is 0 Å². The van der Waals surface area contributed by atoms with Crippen molar-refractivity contribution >= 4 is 0 Å². The monoisotopic (exact) mass is 151 g/mol. The molecule has 0 amide bonds. The summed E-state index contributed by atoms with van der Waals surface area (Å²) in [6.45, 7) is 4.05. The summed E-state index contributed by atoms with van der Waals surface area (Å²) in [6.07, 6.45) is 6.56. The van der Waals surface area contributed by atoms with Gasteiger partial charge in [0.05, 0.1) is 0 Å². The molecular formula is C8H13N3. The van der Waals surface area contributed by atoms with Crippen molar-refractivity contribution in [1.82, 2.24) is 0 Å². The van der Waals surface area contributed by atoms with Crippen molar-refractivity contribution in [3.05, 3.63) is 10.4 Å². The van der Waals surface area contributed by atoms with Crippen LogP contribution < -0.4 is 0 Å². The van der Waals surface area contributed by atoms with Gasteiger partial charge in [-0.1, -0.05) is 19.0 Å². The van der Waals surface area contributed by atoms with Gasteiger partial charge in [-0.25, -0.2) is 0 Å². The molecule has 1 atom stereocenters. The Morgan fingerprint density at radius 3 is 2.64 bits per heavy atom. The fraction of sp³-hybridized carbons (Fsp3) is 0.750. The average Bonchev–Trinajstić information content (AvgIpc) is 1.97. The molecule has 0 heterocycles. The molecule has 3 nitrogen and oxygen atoms in total. The van der Waals surface area contributed by atoms with Gasteiger partial charge in [0.25, 0.3) is 0 Å². The molecule has 1 unspecified atom stereocenters. The molecule has 0 aliphatic carbocycles. The average molecular weight is 151 g/mol. The van der Waals surface area contributed by atoms with E-state index in [9.17, 15) is 0 Å². The van der Waals surface area contributed by atoms with E-state index in [0.717, 1.165) is 6.42 Å². The number of hydrogen-bond donors (Lipinski definition) is 0. The molecule has 0 aliphatic heterocycles. The van der Waals surface area contributed by atoms with Crippen molar-refractivity contribution in [2.75, 3.05) is 0 Å². The van der Waals surface area contributed by atoms with Crippen LogP contribution >= 0.6 is 0 Å². The lowest BCUT2D eigenvalue weighted by Gasteiger charge is -2.12. The zero-order chi connectivity index (χ0) is 8.69. The van der Waals surface area contributed by atoms with E-state index >= 15 is 0 Å². The van der Waals surface area contributed by atoms with Gasteiger partial charge in [-0.3, -0.25) is 0 Å². The Labute approximate surface area is 67.4 Å². The van der Waals surface area contributed by atoms with Crippen LogP contribution in [0.5, 0.6) is 0 Å². The van der Waals surface area contributed by atoms with Crippen LogP contribution in [0.1, 0.15) is 26.7 Å². The van der Waals surface area contributed by atoms with Gasteiger partial charge in [-0.05, 0) is 17.9 Å². The second-order valence-electron chi connectivity index (χ2n) is 2.76. The smallest absolute Gasteiger partial charge is 0.0406 e. The predicted octanol–water partition coefficient (Wildman–Crippen LogP) is 2.73. The Bertz CT molecular complexity index is 184. The molecule has 0 bridgehead atoms. The molecule has 60 valence electrons. The first-order valence-corrected chi connectivity index (χ1v) is 3.70. The number of rotatable bonds is 4. The summed E-state index contributed by atoms with van der Waals surface area (Å²) in [5.74, 6) is 2.90. The van der Waals surface area contributed by atoms with Crippen molar-refractivity contribution in [2.45, 2.75) is 32.7 Å². The summed E-state index contributed by atoms with van der Waals surface area (Å²) in [5.41, 5.74) is 8.19. The quantitative estimate of drug-likeness (QED) is 0.257. The van der Waals surface area contributed by atoms with Crippen molar-refractivity contribution in [1.29, 1.82) is 0 Å². The van der Waals surface area contributed by atoms with Crippen LogP contribution in [0.3, 0.4) is 0 Å². The highest BCUT2D eigenvalue weighted by Crippen LogP contribution is 2.12. The van der Waals surface area contributed by atoms with Gasteiger partial charge >= 0.3 is 0 Å². The largest absolute Gasteiger partial charge is 0.120 e. The van der Waals surface area contributed by atoms with E-state index in [1.54, 1.807) is 0 Å². The van der Waals surface area contributed by atoms with Crippen molar-refractivity contribution < 1.29 is 0 Å². The van der Waals surface area contributed by atoms with E-state index in [0.29, 0.717) is 12.3 Å². The molecule has 0 spiro atoms. The Kier molecular flexibility index (Phi) is 5.06. The third kappa shape index (κ3) is 4.30. The van der Waals surface area contributed by atoms with Gasteiger partial charge in [0, 0.05) is 17.4 Å². The van der Waals surface area contributed by atoms with Gasteiger partial charge in [0.15, 0.2) is 0 Å². The molecule has 3 heteroatoms. The molecular weight excluding hydrogens is 138 g/mol. The van der Waals surface area contributed by atoms with E-state index in [-0.39, 0.29) is 6.04 Å². The van der Waals surface area contributed by atoms with Crippen LogP contribution in [0, 0.1) is 18.3 Å². The molecule has 0 aromatic heterocycles. The van der Waals surface area contributed by atoms with Gasteiger partial charge < -0.3 is 0 Å². The van der Waals surface area contributed by atoms with E-state index in [2.05, 4.69) is 15.9 Å². The maximum atomic E-state index is 8.19. The lowest BCUT2D eigenvalue weighted by Crippen LogP contribution is -2.11. The van der Waals surface area contributed by atoms with Crippen LogP contribution in [0.25, 0.3) is 10.4 Å². The van der Waals surface area contributed by atoms with Crippen molar-refractivity contribution in [2.24, 2.45) is 11.0 Å². The van der Waals surface area contributed by atoms with Crippen molar-refractivity contribution in [3.8, 4) is 12.3 Å². The molecule has 0 radical (unpaired) electrons. The minimum Gasteiger partial charge on any atom is -0.120 e. The molecule has 0 saturated carbocycles. The molecule has 0 aliphatic rings. The van der Waals surface area contributed by atoms with Gasteiger partial charge in [0.2, 0.25) is 0 Å². The standard InChI is InChI=1S/C8H13N3/c1-4-5-6-8(7(2)3)10-11-9/h1,7-8H,5-6H2,2-3H3. The van der Waals surface area contributed by atoms with E-state index in [1.165, 1.54) is 0 Å². The Morgan fingerprint density at radius 2 is 2.27 bits per heavy atom. The van der Waals surface area contributed by atoms with E-state index in [1.807, 2.05) is 13.8 Å². The van der Waals surface area contributed by atoms with Gasteiger partial charge in [-0.2, -0.15) is 0 Å². The fourth-order valence-corrected chi connectivity index (χ4v) is 0.822. The maximum Gasteiger partial charge on any atom is 0.0406 e. The lowest BCUT2D eigenvalue weighted by molar-refractivity contribution is 0.468. The van der Waals surface area contributed by atoms with Gasteiger partial charge in [0.1, 0.15) is 0 Å². The first-order chi connectivity index (χ1) is 5.22. The Morgan fingerprint density at radius 1 is 1.64 bits per heavy atom. The SMILES string of the molecule is C#CCCC(N=[N+]=[N-])C(C)C. The van der Waals surface area contributed by atoms with Crippen LogP contribution in [0.15, 0.2) is 5.11 Å². The first kappa shape index (κ1) is 9.87. The third-order valence-corrected chi connectivity index (χ3v) is 1.55. The summed E-state index contributed by atoms with van der Waals surface area (Å²) >= 11 is 0. The summed E-state index contributed by atoms with van der Waals surface area (Å²) in [6, 6.07) is 0.0519. The van der Waals surface area contributed by atoms with Crippen molar-refractivity contribution in [3.63, 3.8) is 0 Å². The zero-order valence-electron chi connectivity index (χ0n) is 6.99. The van der Waals surface area contributed by atoms with Gasteiger partial charge in [-0.15, -0.1) is 12.3 Å². The minimum atomic E-state index is 0.0519. The number of hydrogen-bond acceptors (Lipinski definition) is 1. The van der Waals surface area contributed by atoms with Crippen LogP contribution in [0.2, 0.25) is 0 Å². The second kappa shape index (κ2) is 5.64. The molecule has 11 heavy (non-hydrogen) atoms.